The molecule has 1 atom stereocenters. The van der Waals surface area contributed by atoms with Crippen molar-refractivity contribution in [2.24, 2.45) is 0 Å². The van der Waals surface area contributed by atoms with Crippen LogP contribution in [0.3, 0.4) is 0 Å². The Balaban J connectivity index is 2.28. The lowest BCUT2D eigenvalue weighted by molar-refractivity contribution is 0.499. The summed E-state index contributed by atoms with van der Waals surface area (Å²) in [6, 6.07) is 1.95. The molecule has 2 nitrogen and oxygen atoms in total. The summed E-state index contributed by atoms with van der Waals surface area (Å²) in [6.07, 6.45) is 4.26. The average Bonchev–Trinajstić information content (AvgIpc) is 2.56. The maximum atomic E-state index is 6.13. The second kappa shape index (κ2) is 5.45. The molecular weight excluding hydrogens is 314 g/mol. The van der Waals surface area contributed by atoms with Gasteiger partial charge in [-0.25, -0.2) is 0 Å². The fourth-order valence-electron chi connectivity index (χ4n) is 2.14. The maximum Gasteiger partial charge on any atom is 0.105 e. The summed E-state index contributed by atoms with van der Waals surface area (Å²) in [5.41, 5.74) is 3.52. The quantitative estimate of drug-likeness (QED) is 0.746. The normalized spacial score (nSPS) is 12.7. The highest BCUT2D eigenvalue weighted by molar-refractivity contribution is 9.09. The summed E-state index contributed by atoms with van der Waals surface area (Å²) in [5, 5.41) is 0.706. The van der Waals surface area contributed by atoms with Gasteiger partial charge >= 0.3 is 0 Å². The van der Waals surface area contributed by atoms with Gasteiger partial charge in [-0.1, -0.05) is 27.5 Å². The van der Waals surface area contributed by atoms with Gasteiger partial charge in [-0.15, -0.1) is 0 Å². The maximum absolute atomic E-state index is 6.13. The van der Waals surface area contributed by atoms with Crippen LogP contribution in [0.4, 0.5) is 0 Å². The van der Waals surface area contributed by atoms with Crippen LogP contribution in [0.1, 0.15) is 33.0 Å². The molecule has 0 saturated heterocycles. The largest absolute Gasteiger partial charge is 0.466 e. The predicted molar refractivity (Wildman–Crippen MR) is 77.5 cm³/mol. The molecule has 0 fully saturated rings. The van der Waals surface area contributed by atoms with E-state index in [4.69, 9.17) is 16.0 Å². The second-order valence-electron chi connectivity index (χ2n) is 4.39. The summed E-state index contributed by atoms with van der Waals surface area (Å²) >= 11 is 9.87. The van der Waals surface area contributed by atoms with E-state index in [0.717, 1.165) is 23.5 Å². The summed E-state index contributed by atoms with van der Waals surface area (Å²) in [7, 11) is 0. The molecule has 1 unspecified atom stereocenters. The zero-order valence-electron chi connectivity index (χ0n) is 10.6. The average molecular weight is 329 g/mol. The molecular formula is C14H15BrClNO. The monoisotopic (exact) mass is 327 g/mol. The van der Waals surface area contributed by atoms with E-state index in [0.29, 0.717) is 5.02 Å². The van der Waals surface area contributed by atoms with E-state index in [1.54, 1.807) is 12.4 Å². The van der Waals surface area contributed by atoms with Gasteiger partial charge in [0.15, 0.2) is 0 Å². The predicted octanol–water partition coefficient (Wildman–Crippen LogP) is 4.93. The van der Waals surface area contributed by atoms with Crippen LogP contribution in [0.2, 0.25) is 5.02 Å². The van der Waals surface area contributed by atoms with Crippen LogP contribution in [0.25, 0.3) is 0 Å². The van der Waals surface area contributed by atoms with E-state index >= 15 is 0 Å². The van der Waals surface area contributed by atoms with E-state index in [1.807, 2.05) is 19.9 Å². The molecule has 0 aliphatic carbocycles. The molecule has 0 radical (unpaired) electrons. The number of hydrogen-bond acceptors (Lipinski definition) is 2. The molecule has 18 heavy (non-hydrogen) atoms. The van der Waals surface area contributed by atoms with Gasteiger partial charge in [0.1, 0.15) is 11.5 Å². The number of pyridine rings is 1. The van der Waals surface area contributed by atoms with Gasteiger partial charge in [0.05, 0.1) is 5.02 Å². The Hall–Kier alpha value is -0.800. The molecule has 0 aromatic carbocycles. The van der Waals surface area contributed by atoms with Crippen molar-refractivity contribution in [1.82, 2.24) is 4.98 Å². The Morgan fingerprint density at radius 2 is 2.06 bits per heavy atom. The lowest BCUT2D eigenvalue weighted by Gasteiger charge is -2.11. The Kier molecular flexibility index (Phi) is 4.13. The molecule has 2 aromatic rings. The lowest BCUT2D eigenvalue weighted by Crippen LogP contribution is -1.99. The van der Waals surface area contributed by atoms with Crippen molar-refractivity contribution in [1.29, 1.82) is 0 Å². The van der Waals surface area contributed by atoms with Crippen LogP contribution in [0.15, 0.2) is 22.9 Å². The van der Waals surface area contributed by atoms with Crippen LogP contribution in [0.5, 0.6) is 0 Å². The number of halogens is 2. The first-order valence-electron chi connectivity index (χ1n) is 5.79. The molecule has 0 bridgehead atoms. The zero-order chi connectivity index (χ0) is 13.3. The molecule has 2 aromatic heterocycles. The minimum atomic E-state index is 0.204. The van der Waals surface area contributed by atoms with Gasteiger partial charge in [-0.05, 0) is 44.4 Å². The van der Waals surface area contributed by atoms with Crippen molar-refractivity contribution in [2.75, 3.05) is 0 Å². The number of rotatable bonds is 3. The van der Waals surface area contributed by atoms with Gasteiger partial charge in [0, 0.05) is 22.8 Å². The Bertz CT molecular complexity index is 565. The topological polar surface area (TPSA) is 26.0 Å². The van der Waals surface area contributed by atoms with Gasteiger partial charge < -0.3 is 4.42 Å². The Morgan fingerprint density at radius 3 is 2.61 bits per heavy atom. The van der Waals surface area contributed by atoms with Gasteiger partial charge in [0.25, 0.3) is 0 Å². The highest BCUT2D eigenvalue weighted by atomic mass is 79.9. The summed E-state index contributed by atoms with van der Waals surface area (Å²) in [4.78, 5) is 4.20. The molecule has 4 heteroatoms. The van der Waals surface area contributed by atoms with Crippen LogP contribution in [-0.4, -0.2) is 4.98 Å². The van der Waals surface area contributed by atoms with Crippen molar-refractivity contribution in [3.63, 3.8) is 0 Å². The summed E-state index contributed by atoms with van der Waals surface area (Å²) in [5.74, 6) is 1.95. The minimum absolute atomic E-state index is 0.204. The number of alkyl halides is 1. The van der Waals surface area contributed by atoms with Crippen LogP contribution >= 0.6 is 27.5 Å². The third kappa shape index (κ3) is 2.62. The fraction of sp³-hybridized carbons (Fsp3) is 0.357. The minimum Gasteiger partial charge on any atom is -0.466 e. The molecule has 0 spiro atoms. The molecule has 96 valence electrons. The number of hydrogen-bond donors (Lipinski definition) is 0. The summed E-state index contributed by atoms with van der Waals surface area (Å²) in [6.45, 7) is 6.08. The number of nitrogens with zero attached hydrogens (tertiary/aromatic N) is 1. The Morgan fingerprint density at radius 1 is 1.33 bits per heavy atom. The van der Waals surface area contributed by atoms with E-state index in [-0.39, 0.29) is 4.83 Å². The van der Waals surface area contributed by atoms with Gasteiger partial charge in [-0.3, -0.25) is 4.98 Å². The molecule has 0 N–H and O–H groups in total. The molecule has 2 rings (SSSR count). The van der Waals surface area contributed by atoms with Crippen LogP contribution < -0.4 is 0 Å². The third-order valence-corrected chi connectivity index (χ3v) is 4.31. The molecule has 0 amide bonds. The molecule has 2 heterocycles. The summed E-state index contributed by atoms with van der Waals surface area (Å²) < 4.78 is 5.66. The van der Waals surface area contributed by atoms with Crippen LogP contribution in [-0.2, 0) is 6.42 Å². The molecule has 0 aliphatic heterocycles. The molecule has 0 aliphatic rings. The first-order valence-corrected chi connectivity index (χ1v) is 7.09. The highest BCUT2D eigenvalue weighted by Crippen LogP contribution is 2.35. The van der Waals surface area contributed by atoms with E-state index in [2.05, 4.69) is 27.8 Å². The van der Waals surface area contributed by atoms with Crippen molar-refractivity contribution < 1.29 is 4.42 Å². The highest BCUT2D eigenvalue weighted by Gasteiger charge is 2.19. The smallest absolute Gasteiger partial charge is 0.105 e. The first kappa shape index (κ1) is 13.6. The van der Waals surface area contributed by atoms with E-state index in [1.165, 1.54) is 11.1 Å². The van der Waals surface area contributed by atoms with Crippen molar-refractivity contribution in [3.8, 4) is 0 Å². The molecule has 0 saturated carbocycles. The van der Waals surface area contributed by atoms with Crippen molar-refractivity contribution in [2.45, 2.75) is 32.0 Å². The van der Waals surface area contributed by atoms with Gasteiger partial charge in [-0.2, -0.15) is 0 Å². The van der Waals surface area contributed by atoms with Crippen molar-refractivity contribution >= 4 is 27.5 Å². The number of aromatic nitrogens is 1. The lowest BCUT2D eigenvalue weighted by atomic mass is 10.0. The van der Waals surface area contributed by atoms with E-state index in [9.17, 15) is 0 Å². The zero-order valence-corrected chi connectivity index (χ0v) is 13.0. The van der Waals surface area contributed by atoms with Crippen molar-refractivity contribution in [3.05, 3.63) is 51.7 Å². The van der Waals surface area contributed by atoms with Gasteiger partial charge in [0.2, 0.25) is 0 Å². The third-order valence-electron chi connectivity index (χ3n) is 3.19. The van der Waals surface area contributed by atoms with E-state index < -0.39 is 0 Å². The number of furan rings is 1. The SMILES string of the molecule is Cc1oc(C)c(C(Br)Cc2ccncc2Cl)c1C. The first-order chi connectivity index (χ1) is 8.50. The number of aryl methyl sites for hydroxylation is 2. The van der Waals surface area contributed by atoms with Crippen LogP contribution in [0, 0.1) is 20.8 Å². The second-order valence-corrected chi connectivity index (χ2v) is 5.90. The fourth-order valence-corrected chi connectivity index (χ4v) is 3.35. The standard InChI is InChI=1S/C14H15BrClNO/c1-8-9(2)18-10(3)14(8)12(15)6-11-4-5-17-7-13(11)16/h4-5,7,12H,6H2,1-3H3. The Labute approximate surface area is 120 Å².